The van der Waals surface area contributed by atoms with Crippen molar-refractivity contribution in [3.8, 4) is 11.8 Å². The van der Waals surface area contributed by atoms with Gasteiger partial charge in [-0.15, -0.1) is 0 Å². The monoisotopic (exact) mass is 358 g/mol. The van der Waals surface area contributed by atoms with Crippen LogP contribution in [0.25, 0.3) is 0 Å². The van der Waals surface area contributed by atoms with Gasteiger partial charge in [0, 0.05) is 25.4 Å². The Kier molecular flexibility index (Phi) is 5.25. The van der Waals surface area contributed by atoms with Crippen molar-refractivity contribution >= 4 is 17.5 Å². The summed E-state index contributed by atoms with van der Waals surface area (Å²) < 4.78 is 7.71. The topological polar surface area (TPSA) is 79.9 Å². The second-order valence-electron chi connectivity index (χ2n) is 6.24. The number of carbonyl (C=O) groups excluding carboxylic acids is 1. The lowest BCUT2D eigenvalue weighted by atomic mass is 9.93. The van der Waals surface area contributed by atoms with Gasteiger partial charge in [-0.25, -0.2) is 4.98 Å². The molecule has 1 amide bonds. The van der Waals surface area contributed by atoms with Gasteiger partial charge < -0.3 is 14.6 Å². The molecule has 1 saturated carbocycles. The van der Waals surface area contributed by atoms with Crippen molar-refractivity contribution in [1.82, 2.24) is 14.9 Å². The van der Waals surface area contributed by atoms with E-state index in [2.05, 4.69) is 10.3 Å². The molecular weight excluding hydrogens is 340 g/mol. The number of hydrogen-bond donors (Lipinski definition) is 1. The lowest BCUT2D eigenvalue weighted by Crippen LogP contribution is -2.39. The Balaban J connectivity index is 1.49. The second kappa shape index (κ2) is 7.58. The molecule has 0 unspecified atom stereocenters. The largest absolute Gasteiger partial charge is 0.490 e. The maximum absolute atomic E-state index is 12.1. The maximum Gasteiger partial charge on any atom is 0.271 e. The van der Waals surface area contributed by atoms with Crippen LogP contribution < -0.4 is 10.1 Å². The normalized spacial score (nSPS) is 19.9. The Bertz CT molecular complexity index is 804. The standard InChI is InChI=1S/C18H19ClN4O2/c1-23-10-17(21-11-23)18(24)22-13-3-6-14(7-4-13)25-15-5-2-12(9-20)16(19)8-15/h2,5,8,10-11,13-14H,3-4,6-7H2,1H3,(H,22,24)/t13-,14-. The summed E-state index contributed by atoms with van der Waals surface area (Å²) in [5, 5.41) is 12.3. The SMILES string of the molecule is Cn1cnc(C(=O)N[C@H]2CC[C@H](Oc3ccc(C#N)c(Cl)c3)CC2)c1. The number of rotatable bonds is 4. The summed E-state index contributed by atoms with van der Waals surface area (Å²) >= 11 is 6.03. The van der Waals surface area contributed by atoms with Crippen LogP contribution in [0.15, 0.2) is 30.7 Å². The van der Waals surface area contributed by atoms with Crippen LogP contribution in [-0.2, 0) is 7.05 Å². The minimum Gasteiger partial charge on any atom is -0.490 e. The number of nitriles is 1. The number of ether oxygens (including phenoxy) is 1. The molecule has 130 valence electrons. The van der Waals surface area contributed by atoms with E-state index in [-0.39, 0.29) is 18.1 Å². The van der Waals surface area contributed by atoms with Gasteiger partial charge >= 0.3 is 0 Å². The molecule has 1 fully saturated rings. The maximum atomic E-state index is 12.1. The molecule has 0 aliphatic heterocycles. The Morgan fingerprint density at radius 3 is 2.76 bits per heavy atom. The molecule has 0 bridgehead atoms. The van der Waals surface area contributed by atoms with Crippen molar-refractivity contribution in [2.75, 3.05) is 0 Å². The number of benzene rings is 1. The molecule has 0 atom stereocenters. The lowest BCUT2D eigenvalue weighted by molar-refractivity contribution is 0.0889. The fourth-order valence-electron chi connectivity index (χ4n) is 2.97. The Labute approximate surface area is 151 Å². The Hall–Kier alpha value is -2.52. The molecule has 1 aromatic heterocycles. The summed E-state index contributed by atoms with van der Waals surface area (Å²) in [6, 6.07) is 7.27. The zero-order chi connectivity index (χ0) is 17.8. The highest BCUT2D eigenvalue weighted by Crippen LogP contribution is 2.27. The van der Waals surface area contributed by atoms with Gasteiger partial charge in [-0.1, -0.05) is 11.6 Å². The third kappa shape index (κ3) is 4.31. The van der Waals surface area contributed by atoms with Crippen LogP contribution >= 0.6 is 11.6 Å². The predicted octanol–water partition coefficient (Wildman–Crippen LogP) is 3.07. The molecule has 0 radical (unpaired) electrons. The molecule has 0 saturated heterocycles. The number of aromatic nitrogens is 2. The van der Waals surface area contributed by atoms with Crippen LogP contribution in [0.4, 0.5) is 0 Å². The highest BCUT2D eigenvalue weighted by atomic mass is 35.5. The van der Waals surface area contributed by atoms with Gasteiger partial charge in [0.2, 0.25) is 0 Å². The van der Waals surface area contributed by atoms with Gasteiger partial charge in [-0.2, -0.15) is 5.26 Å². The average Bonchev–Trinajstić information content (AvgIpc) is 3.03. The predicted molar refractivity (Wildman–Crippen MR) is 93.5 cm³/mol. The molecule has 1 N–H and O–H groups in total. The van der Waals surface area contributed by atoms with Gasteiger partial charge in [0.25, 0.3) is 5.91 Å². The van der Waals surface area contributed by atoms with Crippen LogP contribution in [-0.4, -0.2) is 27.6 Å². The minimum atomic E-state index is -0.135. The Morgan fingerprint density at radius 2 is 2.16 bits per heavy atom. The molecule has 7 heteroatoms. The van der Waals surface area contributed by atoms with Gasteiger partial charge in [-0.3, -0.25) is 4.79 Å². The molecule has 6 nitrogen and oxygen atoms in total. The van der Waals surface area contributed by atoms with E-state index in [4.69, 9.17) is 21.6 Å². The van der Waals surface area contributed by atoms with Gasteiger partial charge in [-0.05, 0) is 37.8 Å². The number of aryl methyl sites for hydroxylation is 1. The molecular formula is C18H19ClN4O2. The summed E-state index contributed by atoms with van der Waals surface area (Å²) in [4.78, 5) is 16.2. The molecule has 1 aliphatic carbocycles. The Morgan fingerprint density at radius 1 is 1.40 bits per heavy atom. The quantitative estimate of drug-likeness (QED) is 0.910. The molecule has 3 rings (SSSR count). The fourth-order valence-corrected chi connectivity index (χ4v) is 3.18. The van der Waals surface area contributed by atoms with Crippen molar-refractivity contribution in [3.05, 3.63) is 47.0 Å². The summed E-state index contributed by atoms with van der Waals surface area (Å²) in [5.41, 5.74) is 0.878. The first-order chi connectivity index (χ1) is 12.0. The van der Waals surface area contributed by atoms with Crippen molar-refractivity contribution in [2.45, 2.75) is 37.8 Å². The molecule has 1 aromatic carbocycles. The molecule has 0 spiro atoms. The zero-order valence-corrected chi connectivity index (χ0v) is 14.7. The minimum absolute atomic E-state index is 0.0898. The molecule has 1 aliphatic rings. The number of nitrogens with zero attached hydrogens (tertiary/aromatic N) is 3. The van der Waals surface area contributed by atoms with E-state index in [1.54, 1.807) is 35.3 Å². The lowest BCUT2D eigenvalue weighted by Gasteiger charge is -2.29. The average molecular weight is 359 g/mol. The first kappa shape index (κ1) is 17.3. The van der Waals surface area contributed by atoms with E-state index in [1.165, 1.54) is 0 Å². The number of nitrogens with one attached hydrogen (secondary N) is 1. The van der Waals surface area contributed by atoms with Crippen molar-refractivity contribution in [2.24, 2.45) is 7.05 Å². The van der Waals surface area contributed by atoms with Crippen molar-refractivity contribution in [1.29, 1.82) is 5.26 Å². The van der Waals surface area contributed by atoms with Crippen LogP contribution in [0.3, 0.4) is 0 Å². The number of amides is 1. The summed E-state index contributed by atoms with van der Waals surface area (Å²) in [5.74, 6) is 0.536. The van der Waals surface area contributed by atoms with Crippen LogP contribution in [0.1, 0.15) is 41.7 Å². The van der Waals surface area contributed by atoms with Gasteiger partial charge in [0.1, 0.15) is 17.5 Å². The second-order valence-corrected chi connectivity index (χ2v) is 6.65. The van der Waals surface area contributed by atoms with Crippen molar-refractivity contribution < 1.29 is 9.53 Å². The van der Waals surface area contributed by atoms with E-state index in [9.17, 15) is 4.79 Å². The molecule has 1 heterocycles. The molecule has 25 heavy (non-hydrogen) atoms. The van der Waals surface area contributed by atoms with Crippen LogP contribution in [0.5, 0.6) is 5.75 Å². The number of halogens is 1. The van der Waals surface area contributed by atoms with E-state index in [0.717, 1.165) is 25.7 Å². The first-order valence-corrected chi connectivity index (χ1v) is 8.58. The van der Waals surface area contributed by atoms with Crippen LogP contribution in [0, 0.1) is 11.3 Å². The summed E-state index contributed by atoms with van der Waals surface area (Å²) in [6.45, 7) is 0. The van der Waals surface area contributed by atoms with E-state index < -0.39 is 0 Å². The number of hydrogen-bond acceptors (Lipinski definition) is 4. The number of imidazole rings is 1. The zero-order valence-electron chi connectivity index (χ0n) is 13.9. The smallest absolute Gasteiger partial charge is 0.271 e. The third-order valence-electron chi connectivity index (χ3n) is 4.31. The highest BCUT2D eigenvalue weighted by molar-refractivity contribution is 6.31. The van der Waals surface area contributed by atoms with E-state index in [0.29, 0.717) is 22.0 Å². The number of carbonyl (C=O) groups is 1. The fraction of sp³-hybridized carbons (Fsp3) is 0.389. The first-order valence-electron chi connectivity index (χ1n) is 8.20. The summed E-state index contributed by atoms with van der Waals surface area (Å²) in [6.07, 6.45) is 6.82. The van der Waals surface area contributed by atoms with Crippen molar-refractivity contribution in [3.63, 3.8) is 0 Å². The van der Waals surface area contributed by atoms with Gasteiger partial charge in [0.15, 0.2) is 0 Å². The van der Waals surface area contributed by atoms with E-state index in [1.807, 2.05) is 13.1 Å². The third-order valence-corrected chi connectivity index (χ3v) is 4.62. The van der Waals surface area contributed by atoms with Crippen LogP contribution in [0.2, 0.25) is 5.02 Å². The molecule has 2 aromatic rings. The van der Waals surface area contributed by atoms with Gasteiger partial charge in [0.05, 0.1) is 23.0 Å². The summed E-state index contributed by atoms with van der Waals surface area (Å²) in [7, 11) is 1.84. The van der Waals surface area contributed by atoms with E-state index >= 15 is 0 Å². The highest BCUT2D eigenvalue weighted by Gasteiger charge is 2.24.